The van der Waals surface area contributed by atoms with E-state index in [1.165, 1.54) is 0 Å². The molecule has 0 amide bonds. The van der Waals surface area contributed by atoms with Gasteiger partial charge in [-0.2, -0.15) is 0 Å². The lowest BCUT2D eigenvalue weighted by atomic mass is 10.1. The molecule has 1 aliphatic heterocycles. The second kappa shape index (κ2) is 2.52. The average Bonchev–Trinajstić information content (AvgIpc) is 2.44. The minimum atomic E-state index is -0.0845. The summed E-state index contributed by atoms with van der Waals surface area (Å²) in [4.78, 5) is 0. The van der Waals surface area contributed by atoms with E-state index in [1.54, 1.807) is 0 Å². The molecule has 12 heavy (non-hydrogen) atoms. The molecular weight excluding hydrogens is 148 g/mol. The van der Waals surface area contributed by atoms with Crippen LogP contribution >= 0.6 is 0 Å². The highest BCUT2D eigenvalue weighted by Crippen LogP contribution is 2.33. The summed E-state index contributed by atoms with van der Waals surface area (Å²) >= 11 is 0. The largest absolute Gasteiger partial charge is 0.351 e. The van der Waals surface area contributed by atoms with Gasteiger partial charge in [-0.05, 0) is 11.6 Å². The van der Waals surface area contributed by atoms with E-state index in [9.17, 15) is 0 Å². The van der Waals surface area contributed by atoms with Crippen molar-refractivity contribution < 1.29 is 0 Å². The fraction of sp³-hybridized carbons (Fsp3) is 0.100. The van der Waals surface area contributed by atoms with E-state index >= 15 is 0 Å². The van der Waals surface area contributed by atoms with Crippen LogP contribution in [-0.4, -0.2) is 0 Å². The highest BCUT2D eigenvalue weighted by molar-refractivity contribution is 5.64. The van der Waals surface area contributed by atoms with E-state index in [4.69, 9.17) is 5.73 Å². The van der Waals surface area contributed by atoms with Gasteiger partial charge < -0.3 is 11.1 Å². The molecule has 0 radical (unpaired) electrons. The number of para-hydroxylation sites is 1. The summed E-state index contributed by atoms with van der Waals surface area (Å²) in [6, 6.07) is 7.88. The zero-order chi connectivity index (χ0) is 8.55. The monoisotopic (exact) mass is 158 g/mol. The number of nitrogens with two attached hydrogens (primary N) is 1. The first-order valence-corrected chi connectivity index (χ1v) is 3.84. The molecule has 1 aromatic carbocycles. The van der Waals surface area contributed by atoms with Crippen LogP contribution in [0.5, 0.6) is 0 Å². The predicted molar refractivity (Wildman–Crippen MR) is 49.6 cm³/mol. The normalized spacial score (nSPS) is 19.8. The molecule has 1 heterocycles. The predicted octanol–water partition coefficient (Wildman–Crippen LogP) is 1.78. The Bertz CT molecular complexity index is 362. The van der Waals surface area contributed by atoms with Crippen molar-refractivity contribution in [1.29, 1.82) is 0 Å². The van der Waals surface area contributed by atoms with Gasteiger partial charge in [0.15, 0.2) is 0 Å². The maximum atomic E-state index is 5.90. The van der Waals surface area contributed by atoms with Gasteiger partial charge in [-0.1, -0.05) is 24.8 Å². The molecule has 0 saturated heterocycles. The molecule has 1 aromatic rings. The number of nitrogens with one attached hydrogen (secondary N) is 1. The van der Waals surface area contributed by atoms with Crippen molar-refractivity contribution in [3.8, 4) is 0 Å². The zero-order valence-corrected chi connectivity index (χ0v) is 6.67. The Kier molecular flexibility index (Phi) is 1.51. The van der Waals surface area contributed by atoms with Crippen LogP contribution in [0, 0.1) is 0 Å². The summed E-state index contributed by atoms with van der Waals surface area (Å²) in [6.07, 6.45) is 0. The molecule has 0 fully saturated rings. The highest BCUT2D eigenvalue weighted by Gasteiger charge is 2.22. The molecule has 1 unspecified atom stereocenters. The molecule has 0 bridgehead atoms. The van der Waals surface area contributed by atoms with Gasteiger partial charge in [-0.25, -0.2) is 0 Å². The lowest BCUT2D eigenvalue weighted by molar-refractivity contribution is 0.895. The molecule has 1 atom stereocenters. The van der Waals surface area contributed by atoms with Crippen LogP contribution in [0.2, 0.25) is 0 Å². The van der Waals surface area contributed by atoms with E-state index in [0.29, 0.717) is 0 Å². The molecule has 0 aromatic heterocycles. The third kappa shape index (κ3) is 0.866. The van der Waals surface area contributed by atoms with Crippen LogP contribution in [-0.2, 0) is 0 Å². The third-order valence-electron chi connectivity index (χ3n) is 2.07. The molecule has 1 aliphatic rings. The first kappa shape index (κ1) is 7.17. The standard InChI is InChI=1S/C10H10N2/c1-2-8-10(11)7-5-3-4-6-9(7)12-8/h3-6,10,12H,1,11H2. The number of benzene rings is 1. The minimum absolute atomic E-state index is 0.0845. The van der Waals surface area contributed by atoms with Crippen molar-refractivity contribution in [3.05, 3.63) is 47.8 Å². The fourth-order valence-corrected chi connectivity index (χ4v) is 1.41. The summed E-state index contributed by atoms with van der Waals surface area (Å²) in [5, 5.41) is 3.15. The van der Waals surface area contributed by atoms with Crippen molar-refractivity contribution >= 4 is 5.69 Å². The van der Waals surface area contributed by atoms with Crippen molar-refractivity contribution in [1.82, 2.24) is 0 Å². The first-order chi connectivity index (χ1) is 5.83. The van der Waals surface area contributed by atoms with Crippen LogP contribution in [0.3, 0.4) is 0 Å². The molecule has 2 nitrogen and oxygen atoms in total. The van der Waals surface area contributed by atoms with Gasteiger partial charge in [0.25, 0.3) is 0 Å². The van der Waals surface area contributed by atoms with Crippen molar-refractivity contribution in [2.45, 2.75) is 6.04 Å². The van der Waals surface area contributed by atoms with Crippen LogP contribution < -0.4 is 11.1 Å². The fourth-order valence-electron chi connectivity index (χ4n) is 1.41. The van der Waals surface area contributed by atoms with Crippen LogP contribution in [0.1, 0.15) is 11.6 Å². The Hall–Kier alpha value is -1.50. The SMILES string of the molecule is C=C=C1Nc2ccccc2C1N. The Morgan fingerprint density at radius 3 is 2.83 bits per heavy atom. The molecule has 60 valence electrons. The van der Waals surface area contributed by atoms with Gasteiger partial charge in [-0.15, -0.1) is 5.73 Å². The second-order valence-electron chi connectivity index (χ2n) is 2.78. The van der Waals surface area contributed by atoms with Crippen LogP contribution in [0.25, 0.3) is 0 Å². The molecular formula is C10H10N2. The van der Waals surface area contributed by atoms with Gasteiger partial charge in [0.05, 0.1) is 11.7 Å². The van der Waals surface area contributed by atoms with Crippen LogP contribution in [0.15, 0.2) is 42.3 Å². The zero-order valence-electron chi connectivity index (χ0n) is 6.67. The molecule has 2 heteroatoms. The van der Waals surface area contributed by atoms with E-state index in [-0.39, 0.29) is 6.04 Å². The number of rotatable bonds is 0. The van der Waals surface area contributed by atoms with Crippen molar-refractivity contribution in [2.75, 3.05) is 5.32 Å². The molecule has 0 saturated carbocycles. The maximum absolute atomic E-state index is 5.90. The van der Waals surface area contributed by atoms with E-state index in [1.807, 2.05) is 24.3 Å². The summed E-state index contributed by atoms with van der Waals surface area (Å²) in [6.45, 7) is 3.57. The van der Waals surface area contributed by atoms with E-state index in [2.05, 4.69) is 17.6 Å². The van der Waals surface area contributed by atoms with Gasteiger partial charge in [-0.3, -0.25) is 0 Å². The van der Waals surface area contributed by atoms with Gasteiger partial charge in [0.2, 0.25) is 0 Å². The molecule has 0 spiro atoms. The smallest absolute Gasteiger partial charge is 0.0801 e. The summed E-state index contributed by atoms with van der Waals surface area (Å²) in [7, 11) is 0. The number of hydrogen-bond donors (Lipinski definition) is 2. The summed E-state index contributed by atoms with van der Waals surface area (Å²) < 4.78 is 0. The second-order valence-corrected chi connectivity index (χ2v) is 2.78. The van der Waals surface area contributed by atoms with Crippen molar-refractivity contribution in [2.24, 2.45) is 5.73 Å². The number of anilines is 1. The van der Waals surface area contributed by atoms with Gasteiger partial charge >= 0.3 is 0 Å². The summed E-state index contributed by atoms with van der Waals surface area (Å²) in [5.41, 5.74) is 11.7. The Balaban J connectivity index is 2.56. The van der Waals surface area contributed by atoms with E-state index < -0.39 is 0 Å². The molecule has 2 rings (SSSR count). The first-order valence-electron chi connectivity index (χ1n) is 3.84. The topological polar surface area (TPSA) is 38.0 Å². The Labute approximate surface area is 71.4 Å². The third-order valence-corrected chi connectivity index (χ3v) is 2.07. The van der Waals surface area contributed by atoms with Crippen LogP contribution in [0.4, 0.5) is 5.69 Å². The minimum Gasteiger partial charge on any atom is -0.351 e. The number of fused-ring (bicyclic) bond motifs is 1. The lowest BCUT2D eigenvalue weighted by Gasteiger charge is -2.01. The van der Waals surface area contributed by atoms with Crippen molar-refractivity contribution in [3.63, 3.8) is 0 Å². The van der Waals surface area contributed by atoms with E-state index in [0.717, 1.165) is 16.9 Å². The Morgan fingerprint density at radius 2 is 2.17 bits per heavy atom. The maximum Gasteiger partial charge on any atom is 0.0801 e. The lowest BCUT2D eigenvalue weighted by Crippen LogP contribution is -2.09. The van der Waals surface area contributed by atoms with Gasteiger partial charge in [0, 0.05) is 5.69 Å². The average molecular weight is 158 g/mol. The molecule has 0 aliphatic carbocycles. The summed E-state index contributed by atoms with van der Waals surface area (Å²) in [5.74, 6) is 0. The van der Waals surface area contributed by atoms with Gasteiger partial charge in [0.1, 0.15) is 0 Å². The number of hydrogen-bond acceptors (Lipinski definition) is 2. The highest BCUT2D eigenvalue weighted by atomic mass is 15.0. The molecule has 3 N–H and O–H groups in total. The quantitative estimate of drug-likeness (QED) is 0.565. The Morgan fingerprint density at radius 1 is 1.42 bits per heavy atom.